The molecule has 2 amide bonds. The van der Waals surface area contributed by atoms with Gasteiger partial charge in [-0.2, -0.15) is 0 Å². The third-order valence-electron chi connectivity index (χ3n) is 6.45. The first-order valence-corrected chi connectivity index (χ1v) is 10.2. The van der Waals surface area contributed by atoms with E-state index in [4.69, 9.17) is 9.47 Å². The lowest BCUT2D eigenvalue weighted by Crippen LogP contribution is -2.52. The zero-order valence-corrected chi connectivity index (χ0v) is 16.6. The third kappa shape index (κ3) is 2.38. The van der Waals surface area contributed by atoms with Crippen molar-refractivity contribution in [2.24, 2.45) is 0 Å². The molecule has 2 atom stereocenters. The van der Waals surface area contributed by atoms with Gasteiger partial charge < -0.3 is 24.3 Å². The van der Waals surface area contributed by atoms with E-state index >= 15 is 0 Å². The summed E-state index contributed by atoms with van der Waals surface area (Å²) in [5.74, 6) is 1.34. The number of amides is 2. The summed E-state index contributed by atoms with van der Waals surface area (Å²) in [6, 6.07) is 13.0. The van der Waals surface area contributed by atoms with Crippen molar-refractivity contribution in [2.45, 2.75) is 24.9 Å². The number of carbonyl (C=O) groups is 2. The Balaban J connectivity index is 1.59. The highest BCUT2D eigenvalue weighted by molar-refractivity contribution is 5.94. The van der Waals surface area contributed by atoms with E-state index in [1.807, 2.05) is 36.4 Å². The largest absolute Gasteiger partial charge is 0.454 e. The van der Waals surface area contributed by atoms with E-state index in [0.717, 1.165) is 27.7 Å². The van der Waals surface area contributed by atoms with Gasteiger partial charge in [-0.25, -0.2) is 0 Å². The molecule has 152 valence electrons. The molecule has 7 nitrogen and oxygen atoms in total. The molecule has 0 aliphatic carbocycles. The zero-order valence-electron chi connectivity index (χ0n) is 16.6. The molecule has 4 heterocycles. The normalized spacial score (nSPS) is 22.8. The summed E-state index contributed by atoms with van der Waals surface area (Å²) in [4.78, 5) is 33.5. The highest BCUT2D eigenvalue weighted by Gasteiger charge is 2.45. The minimum absolute atomic E-state index is 0.00956. The van der Waals surface area contributed by atoms with Crippen LogP contribution in [0.1, 0.15) is 29.3 Å². The van der Waals surface area contributed by atoms with Crippen molar-refractivity contribution in [3.8, 4) is 11.5 Å². The van der Waals surface area contributed by atoms with Gasteiger partial charge in [0.2, 0.25) is 18.6 Å². The van der Waals surface area contributed by atoms with Crippen molar-refractivity contribution >= 4 is 22.7 Å². The minimum Gasteiger partial charge on any atom is -0.454 e. The highest BCUT2D eigenvalue weighted by Crippen LogP contribution is 2.44. The Hall–Kier alpha value is -3.48. The number of rotatable bonds is 1. The Morgan fingerprint density at radius 2 is 1.90 bits per heavy atom. The van der Waals surface area contributed by atoms with Crippen molar-refractivity contribution in [3.05, 3.63) is 59.3 Å². The summed E-state index contributed by atoms with van der Waals surface area (Å²) >= 11 is 0. The summed E-state index contributed by atoms with van der Waals surface area (Å²) < 4.78 is 11.1. The summed E-state index contributed by atoms with van der Waals surface area (Å²) in [6.07, 6.45) is 0.824. The van der Waals surface area contributed by atoms with Crippen molar-refractivity contribution in [2.75, 3.05) is 20.4 Å². The van der Waals surface area contributed by atoms with Crippen LogP contribution in [0.2, 0.25) is 0 Å². The molecule has 3 aliphatic rings. The molecule has 0 saturated carbocycles. The van der Waals surface area contributed by atoms with Gasteiger partial charge in [0.25, 0.3) is 0 Å². The molecule has 30 heavy (non-hydrogen) atoms. The number of ether oxygens (including phenoxy) is 2. The number of fused-ring (bicyclic) bond motifs is 5. The molecule has 0 unspecified atom stereocenters. The van der Waals surface area contributed by atoms with Gasteiger partial charge in [-0.15, -0.1) is 0 Å². The fourth-order valence-electron chi connectivity index (χ4n) is 4.98. The second kappa shape index (κ2) is 6.26. The van der Waals surface area contributed by atoms with E-state index in [0.29, 0.717) is 30.9 Å². The Labute approximate surface area is 173 Å². The Bertz CT molecular complexity index is 1200. The second-order valence-corrected chi connectivity index (χ2v) is 8.11. The number of aromatic nitrogens is 1. The quantitative estimate of drug-likeness (QED) is 0.678. The molecule has 1 aromatic heterocycles. The first-order valence-electron chi connectivity index (χ1n) is 10.2. The summed E-state index contributed by atoms with van der Waals surface area (Å²) in [5, 5.41) is 1.10. The van der Waals surface area contributed by atoms with Crippen molar-refractivity contribution < 1.29 is 19.1 Å². The lowest BCUT2D eigenvalue weighted by molar-refractivity contribution is -0.143. The fourth-order valence-corrected chi connectivity index (χ4v) is 4.98. The van der Waals surface area contributed by atoms with Gasteiger partial charge in [-0.3, -0.25) is 9.59 Å². The average Bonchev–Trinajstić information content (AvgIpc) is 3.36. The monoisotopic (exact) mass is 403 g/mol. The van der Waals surface area contributed by atoms with Crippen LogP contribution in [0, 0.1) is 0 Å². The molecule has 0 radical (unpaired) electrons. The lowest BCUT2D eigenvalue weighted by Gasteiger charge is -2.40. The number of hydrogen-bond acceptors (Lipinski definition) is 4. The molecule has 3 aromatic rings. The first-order chi connectivity index (χ1) is 14.6. The predicted octanol–water partition coefficient (Wildman–Crippen LogP) is 2.60. The topological polar surface area (TPSA) is 74.9 Å². The maximum atomic E-state index is 13.3. The number of nitrogens with one attached hydrogen (secondary N) is 1. The molecule has 1 fully saturated rings. The number of para-hydroxylation sites is 1. The van der Waals surface area contributed by atoms with Crippen LogP contribution in [0.25, 0.3) is 10.9 Å². The van der Waals surface area contributed by atoms with E-state index in [1.54, 1.807) is 16.8 Å². The van der Waals surface area contributed by atoms with Gasteiger partial charge in [-0.05, 0) is 29.3 Å². The predicted molar refractivity (Wildman–Crippen MR) is 109 cm³/mol. The van der Waals surface area contributed by atoms with Gasteiger partial charge in [0, 0.05) is 43.0 Å². The summed E-state index contributed by atoms with van der Waals surface area (Å²) in [5.41, 5.74) is 3.99. The number of H-pyrrole nitrogens is 1. The first kappa shape index (κ1) is 17.4. The number of aromatic amines is 1. The summed E-state index contributed by atoms with van der Waals surface area (Å²) in [6.45, 7) is 0.628. The smallest absolute Gasteiger partial charge is 0.245 e. The van der Waals surface area contributed by atoms with E-state index in [2.05, 4.69) is 11.1 Å². The van der Waals surface area contributed by atoms with Gasteiger partial charge in [0.1, 0.15) is 6.04 Å². The van der Waals surface area contributed by atoms with Crippen LogP contribution in [0.5, 0.6) is 11.5 Å². The Morgan fingerprint density at radius 1 is 1.07 bits per heavy atom. The molecule has 7 heteroatoms. The van der Waals surface area contributed by atoms with E-state index < -0.39 is 6.04 Å². The number of nitrogens with zero attached hydrogens (tertiary/aromatic N) is 2. The molecule has 0 bridgehead atoms. The van der Waals surface area contributed by atoms with Gasteiger partial charge >= 0.3 is 0 Å². The standard InChI is InChI=1S/C23H21N3O4/c1-25-9-8-20(27)26-17(23(25)28)11-15-14-4-2-3-5-16(14)24-21(15)22(26)13-6-7-18-19(10-13)30-12-29-18/h2-7,10,17,22,24H,8-9,11-12H2,1H3/t17-,22+/m0/s1. The maximum Gasteiger partial charge on any atom is 0.245 e. The Morgan fingerprint density at radius 3 is 2.80 bits per heavy atom. The third-order valence-corrected chi connectivity index (χ3v) is 6.45. The number of hydrogen-bond donors (Lipinski definition) is 1. The maximum absolute atomic E-state index is 13.3. The van der Waals surface area contributed by atoms with Crippen LogP contribution in [-0.2, 0) is 16.0 Å². The van der Waals surface area contributed by atoms with E-state index in [1.165, 1.54) is 0 Å². The van der Waals surface area contributed by atoms with Crippen molar-refractivity contribution in [1.29, 1.82) is 0 Å². The molecular weight excluding hydrogens is 382 g/mol. The number of likely N-dealkylation sites (N-methyl/N-ethyl adjacent to an activating group) is 1. The minimum atomic E-state index is -0.521. The van der Waals surface area contributed by atoms with Crippen LogP contribution in [0.15, 0.2) is 42.5 Å². The molecule has 1 saturated heterocycles. The van der Waals surface area contributed by atoms with E-state index in [-0.39, 0.29) is 24.6 Å². The number of benzene rings is 2. The molecule has 6 rings (SSSR count). The second-order valence-electron chi connectivity index (χ2n) is 8.11. The average molecular weight is 403 g/mol. The van der Waals surface area contributed by atoms with Crippen LogP contribution in [0.3, 0.4) is 0 Å². The van der Waals surface area contributed by atoms with Crippen LogP contribution in [0.4, 0.5) is 0 Å². The SMILES string of the molecule is CN1CCC(=O)N2[C@H](c3ccc4c(c3)OCO4)c3[nH]c4ccccc4c3C[C@H]2C1=O. The van der Waals surface area contributed by atoms with Crippen molar-refractivity contribution in [1.82, 2.24) is 14.8 Å². The van der Waals surface area contributed by atoms with E-state index in [9.17, 15) is 9.59 Å². The molecule has 0 spiro atoms. The van der Waals surface area contributed by atoms with Crippen LogP contribution >= 0.6 is 0 Å². The Kier molecular flexibility index (Phi) is 3.63. The highest BCUT2D eigenvalue weighted by atomic mass is 16.7. The van der Waals surface area contributed by atoms with Crippen molar-refractivity contribution in [3.63, 3.8) is 0 Å². The molecular formula is C23H21N3O4. The fraction of sp³-hybridized carbons (Fsp3) is 0.304. The van der Waals surface area contributed by atoms with Crippen LogP contribution < -0.4 is 9.47 Å². The zero-order chi connectivity index (χ0) is 20.4. The van der Waals surface area contributed by atoms with Gasteiger partial charge in [-0.1, -0.05) is 24.3 Å². The number of carbonyl (C=O) groups excluding carboxylic acids is 2. The molecule has 1 N–H and O–H groups in total. The van der Waals surface area contributed by atoms with Gasteiger partial charge in [0.15, 0.2) is 11.5 Å². The van der Waals surface area contributed by atoms with Gasteiger partial charge in [0.05, 0.1) is 6.04 Å². The molecule has 3 aliphatic heterocycles. The molecule has 2 aromatic carbocycles. The lowest BCUT2D eigenvalue weighted by atomic mass is 9.87. The van der Waals surface area contributed by atoms with Crippen LogP contribution in [-0.4, -0.2) is 53.0 Å². The summed E-state index contributed by atoms with van der Waals surface area (Å²) in [7, 11) is 1.78.